The molecule has 1 aliphatic rings. The summed E-state index contributed by atoms with van der Waals surface area (Å²) < 4.78 is 16.5. The molecule has 3 aromatic rings. The maximum atomic E-state index is 13.4. The van der Waals surface area contributed by atoms with Crippen molar-refractivity contribution in [2.24, 2.45) is 0 Å². The number of para-hydroxylation sites is 1. The van der Waals surface area contributed by atoms with Crippen LogP contribution in [0.3, 0.4) is 0 Å². The summed E-state index contributed by atoms with van der Waals surface area (Å²) in [4.78, 5) is 28.1. The molecule has 1 amide bonds. The first-order valence-electron chi connectivity index (χ1n) is 11.3. The van der Waals surface area contributed by atoms with Crippen molar-refractivity contribution in [3.63, 3.8) is 0 Å². The average Bonchev–Trinajstić information content (AvgIpc) is 3.45. The maximum absolute atomic E-state index is 13.4. The second-order valence-electron chi connectivity index (χ2n) is 9.41. The second kappa shape index (κ2) is 9.33. The molecule has 4 rings (SSSR count). The lowest BCUT2D eigenvalue weighted by atomic mass is 9.85. The number of rotatable bonds is 6. The minimum Gasteiger partial charge on any atom is -0.507 e. The molecule has 1 saturated heterocycles. The molecule has 2 aromatic carbocycles. The van der Waals surface area contributed by atoms with Gasteiger partial charge in [0.1, 0.15) is 23.0 Å². The van der Waals surface area contributed by atoms with Crippen molar-refractivity contribution in [3.8, 4) is 11.5 Å². The normalized spacial score (nSPS) is 17.6. The fraction of sp³-hybridized carbons (Fsp3) is 0.286. The van der Waals surface area contributed by atoms with Gasteiger partial charge >= 0.3 is 0 Å². The highest BCUT2D eigenvalue weighted by molar-refractivity contribution is 6.46. The van der Waals surface area contributed by atoms with Gasteiger partial charge in [-0.05, 0) is 41.3 Å². The number of furan rings is 1. The number of ketones is 1. The van der Waals surface area contributed by atoms with Crippen LogP contribution in [-0.2, 0) is 21.5 Å². The van der Waals surface area contributed by atoms with Crippen molar-refractivity contribution < 1.29 is 28.6 Å². The Morgan fingerprint density at radius 2 is 1.71 bits per heavy atom. The summed E-state index contributed by atoms with van der Waals surface area (Å²) in [6, 6.07) is 15.2. The highest BCUT2D eigenvalue weighted by Gasteiger charge is 2.47. The van der Waals surface area contributed by atoms with Crippen LogP contribution in [-0.4, -0.2) is 35.9 Å². The number of likely N-dealkylation sites (tertiary alicyclic amines) is 1. The molecule has 7 heteroatoms. The summed E-state index contributed by atoms with van der Waals surface area (Å²) in [5, 5.41) is 11.6. The topological polar surface area (TPSA) is 89.2 Å². The van der Waals surface area contributed by atoms with Gasteiger partial charge < -0.3 is 23.9 Å². The number of Topliss-reactive ketones (excluding diaryl/α,β-unsaturated/α-hetero) is 1. The van der Waals surface area contributed by atoms with Crippen molar-refractivity contribution in [3.05, 3.63) is 88.9 Å². The quantitative estimate of drug-likeness (QED) is 0.299. The zero-order chi connectivity index (χ0) is 25.3. The summed E-state index contributed by atoms with van der Waals surface area (Å²) >= 11 is 0. The van der Waals surface area contributed by atoms with Crippen molar-refractivity contribution in [1.82, 2.24) is 4.90 Å². The summed E-state index contributed by atoms with van der Waals surface area (Å²) in [5.41, 5.74) is 1.62. The predicted molar refractivity (Wildman–Crippen MR) is 131 cm³/mol. The molecule has 0 spiro atoms. The van der Waals surface area contributed by atoms with Crippen molar-refractivity contribution in [1.29, 1.82) is 0 Å². The Morgan fingerprint density at radius 1 is 1.00 bits per heavy atom. The van der Waals surface area contributed by atoms with Crippen LogP contribution in [0.2, 0.25) is 0 Å². The van der Waals surface area contributed by atoms with E-state index in [1.807, 2.05) is 6.07 Å². The van der Waals surface area contributed by atoms with Gasteiger partial charge in [-0.25, -0.2) is 0 Å². The van der Waals surface area contributed by atoms with Crippen molar-refractivity contribution in [2.75, 3.05) is 14.2 Å². The number of aliphatic hydroxyl groups is 1. The van der Waals surface area contributed by atoms with Gasteiger partial charge in [0.25, 0.3) is 11.7 Å². The number of carbonyl (C=O) groups is 2. The van der Waals surface area contributed by atoms with Gasteiger partial charge in [-0.15, -0.1) is 0 Å². The summed E-state index contributed by atoms with van der Waals surface area (Å²) in [5.74, 6) is -0.419. The van der Waals surface area contributed by atoms with Gasteiger partial charge in [-0.1, -0.05) is 45.0 Å². The SMILES string of the molecule is COc1ccc(C(C)(C)C)cc1/C(O)=C1\C(=O)C(=O)N(Cc2ccco2)C1c1ccccc1OC. The van der Waals surface area contributed by atoms with E-state index >= 15 is 0 Å². The third-order valence-electron chi connectivity index (χ3n) is 6.20. The van der Waals surface area contributed by atoms with E-state index in [0.717, 1.165) is 5.56 Å². The van der Waals surface area contributed by atoms with E-state index in [1.165, 1.54) is 25.4 Å². The Hall–Kier alpha value is -4.00. The van der Waals surface area contributed by atoms with Crippen molar-refractivity contribution >= 4 is 17.4 Å². The monoisotopic (exact) mass is 475 g/mol. The van der Waals surface area contributed by atoms with Crippen LogP contribution in [0.1, 0.15) is 49.3 Å². The fourth-order valence-electron chi connectivity index (χ4n) is 4.33. The van der Waals surface area contributed by atoms with E-state index in [4.69, 9.17) is 13.9 Å². The van der Waals surface area contributed by atoms with Gasteiger partial charge in [-0.2, -0.15) is 0 Å². The molecule has 0 radical (unpaired) electrons. The Labute approximate surface area is 204 Å². The summed E-state index contributed by atoms with van der Waals surface area (Å²) in [6.07, 6.45) is 1.51. The molecule has 1 fully saturated rings. The molecule has 0 saturated carbocycles. The first-order chi connectivity index (χ1) is 16.7. The Balaban J connectivity index is 1.97. The molecule has 0 bridgehead atoms. The number of hydrogen-bond donors (Lipinski definition) is 1. The van der Waals surface area contributed by atoms with E-state index in [-0.39, 0.29) is 23.3 Å². The number of nitrogens with zero attached hydrogens (tertiary/aromatic N) is 1. The molecule has 182 valence electrons. The standard InChI is InChI=1S/C28H29NO6/c1-28(2,3)17-12-13-22(34-5)20(15-17)25(30)23-24(19-10-6-7-11-21(19)33-4)29(27(32)26(23)31)16-18-9-8-14-35-18/h6-15,24,30H,16H2,1-5H3/b25-23+. The number of hydrogen-bond acceptors (Lipinski definition) is 6. The third-order valence-corrected chi connectivity index (χ3v) is 6.20. The molecule has 1 N–H and O–H groups in total. The van der Waals surface area contributed by atoms with Crippen LogP contribution < -0.4 is 9.47 Å². The molecule has 35 heavy (non-hydrogen) atoms. The highest BCUT2D eigenvalue weighted by Crippen LogP contribution is 2.44. The van der Waals surface area contributed by atoms with E-state index in [9.17, 15) is 14.7 Å². The molecule has 2 heterocycles. The van der Waals surface area contributed by atoms with Gasteiger partial charge in [-0.3, -0.25) is 9.59 Å². The maximum Gasteiger partial charge on any atom is 0.296 e. The lowest BCUT2D eigenvalue weighted by Crippen LogP contribution is -2.29. The van der Waals surface area contributed by atoms with Gasteiger partial charge in [0, 0.05) is 5.56 Å². The lowest BCUT2D eigenvalue weighted by Gasteiger charge is -2.26. The number of methoxy groups -OCH3 is 2. The Kier molecular flexibility index (Phi) is 6.43. The second-order valence-corrected chi connectivity index (χ2v) is 9.41. The molecular weight excluding hydrogens is 446 g/mol. The van der Waals surface area contributed by atoms with E-state index in [2.05, 4.69) is 20.8 Å². The Bertz CT molecular complexity index is 1280. The van der Waals surface area contributed by atoms with Crippen molar-refractivity contribution in [2.45, 2.75) is 38.8 Å². The zero-order valence-corrected chi connectivity index (χ0v) is 20.5. The number of carbonyl (C=O) groups excluding carboxylic acids is 2. The zero-order valence-electron chi connectivity index (χ0n) is 20.5. The fourth-order valence-corrected chi connectivity index (χ4v) is 4.33. The molecule has 1 aliphatic heterocycles. The molecular formula is C28H29NO6. The van der Waals surface area contributed by atoms with Crippen LogP contribution in [0.5, 0.6) is 11.5 Å². The van der Waals surface area contributed by atoms with Gasteiger partial charge in [0.05, 0.1) is 44.2 Å². The highest BCUT2D eigenvalue weighted by atomic mass is 16.5. The van der Waals surface area contributed by atoms with Crippen LogP contribution in [0.4, 0.5) is 0 Å². The summed E-state index contributed by atoms with van der Waals surface area (Å²) in [7, 11) is 3.02. The minimum absolute atomic E-state index is 0.0320. The van der Waals surface area contributed by atoms with Crippen LogP contribution >= 0.6 is 0 Å². The van der Waals surface area contributed by atoms with E-state index in [1.54, 1.807) is 48.5 Å². The molecule has 0 aliphatic carbocycles. The van der Waals surface area contributed by atoms with Gasteiger partial charge in [0.15, 0.2) is 0 Å². The number of ether oxygens (including phenoxy) is 2. The van der Waals surface area contributed by atoms with E-state index < -0.39 is 17.7 Å². The molecule has 7 nitrogen and oxygen atoms in total. The van der Waals surface area contributed by atoms with E-state index in [0.29, 0.717) is 28.4 Å². The minimum atomic E-state index is -0.890. The first-order valence-corrected chi connectivity index (χ1v) is 11.3. The molecule has 1 aromatic heterocycles. The predicted octanol–water partition coefficient (Wildman–Crippen LogP) is 5.22. The largest absolute Gasteiger partial charge is 0.507 e. The number of aliphatic hydroxyl groups excluding tert-OH is 1. The summed E-state index contributed by atoms with van der Waals surface area (Å²) in [6.45, 7) is 6.21. The lowest BCUT2D eigenvalue weighted by molar-refractivity contribution is -0.140. The van der Waals surface area contributed by atoms with Crippen LogP contribution in [0.25, 0.3) is 5.76 Å². The smallest absolute Gasteiger partial charge is 0.296 e. The van der Waals surface area contributed by atoms with Crippen LogP contribution in [0.15, 0.2) is 70.9 Å². The third kappa shape index (κ3) is 4.41. The number of benzene rings is 2. The molecule has 1 atom stereocenters. The molecule has 1 unspecified atom stereocenters. The Morgan fingerprint density at radius 3 is 2.34 bits per heavy atom. The first kappa shape index (κ1) is 24.1. The number of amides is 1. The van der Waals surface area contributed by atoms with Crippen LogP contribution in [0, 0.1) is 0 Å². The van der Waals surface area contributed by atoms with Gasteiger partial charge in [0.2, 0.25) is 0 Å². The average molecular weight is 476 g/mol.